The van der Waals surface area contributed by atoms with Gasteiger partial charge in [-0.25, -0.2) is 0 Å². The first-order valence-electron chi connectivity index (χ1n) is 5.94. The molecule has 1 amide bonds. The number of hydrogen-bond acceptors (Lipinski definition) is 5. The van der Waals surface area contributed by atoms with Crippen LogP contribution in [0.3, 0.4) is 0 Å². The predicted molar refractivity (Wildman–Crippen MR) is 64.8 cm³/mol. The minimum atomic E-state index is -0.996. The average molecular weight is 260 g/mol. The third-order valence-corrected chi connectivity index (χ3v) is 2.53. The zero-order valence-corrected chi connectivity index (χ0v) is 10.9. The Labute approximate surface area is 106 Å². The average Bonchev–Trinajstić information content (AvgIpc) is 2.28. The highest BCUT2D eigenvalue weighted by atomic mass is 16.6. The monoisotopic (exact) mass is 260 g/mol. The highest BCUT2D eigenvalue weighted by Crippen LogP contribution is 2.09. The summed E-state index contributed by atoms with van der Waals surface area (Å²) in [5.74, 6) is -0.429. The van der Waals surface area contributed by atoms with Crippen LogP contribution in [0.25, 0.3) is 0 Å². The zero-order valence-electron chi connectivity index (χ0n) is 10.9. The number of nitrogens with one attached hydrogen (secondary N) is 1. The fourth-order valence-corrected chi connectivity index (χ4v) is 1.58. The van der Waals surface area contributed by atoms with Gasteiger partial charge in [-0.05, 0) is 12.8 Å². The van der Waals surface area contributed by atoms with E-state index in [0.29, 0.717) is 19.1 Å². The van der Waals surface area contributed by atoms with E-state index in [1.807, 2.05) is 13.8 Å². The molecule has 0 radical (unpaired) electrons. The summed E-state index contributed by atoms with van der Waals surface area (Å²) in [5, 5.41) is 12.9. The lowest BCUT2D eigenvalue weighted by Crippen LogP contribution is -2.49. The molecular weight excluding hydrogens is 240 g/mol. The van der Waals surface area contributed by atoms with Gasteiger partial charge in [0.15, 0.2) is 6.29 Å². The normalized spacial score (nSPS) is 14.0. The molecule has 7 nitrogen and oxygen atoms in total. The molecular formula is C11H20N2O5. The summed E-state index contributed by atoms with van der Waals surface area (Å²) in [5.41, 5.74) is 0. The van der Waals surface area contributed by atoms with Crippen molar-refractivity contribution in [3.05, 3.63) is 10.1 Å². The van der Waals surface area contributed by atoms with Crippen molar-refractivity contribution in [2.75, 3.05) is 6.54 Å². The molecule has 1 N–H and O–H groups in total. The smallest absolute Gasteiger partial charge is 0.226 e. The Hall–Kier alpha value is -1.50. The molecule has 0 saturated carbocycles. The van der Waals surface area contributed by atoms with Gasteiger partial charge in [-0.15, -0.1) is 0 Å². The first-order valence-corrected chi connectivity index (χ1v) is 5.94. The molecule has 104 valence electrons. The lowest BCUT2D eigenvalue weighted by Gasteiger charge is -2.24. The number of rotatable bonds is 9. The second kappa shape index (κ2) is 8.57. The maximum absolute atomic E-state index is 11.0. The van der Waals surface area contributed by atoms with Crippen LogP contribution in [0.4, 0.5) is 0 Å². The molecule has 18 heavy (non-hydrogen) atoms. The summed E-state index contributed by atoms with van der Waals surface area (Å²) < 4.78 is 5.47. The third-order valence-electron chi connectivity index (χ3n) is 2.53. The van der Waals surface area contributed by atoms with Crippen molar-refractivity contribution in [3.8, 4) is 0 Å². The fraction of sp³-hybridized carbons (Fsp3) is 0.818. The van der Waals surface area contributed by atoms with Gasteiger partial charge >= 0.3 is 0 Å². The molecule has 0 heterocycles. The number of carbonyl (C=O) groups is 2. The van der Waals surface area contributed by atoms with Crippen molar-refractivity contribution in [1.29, 1.82) is 0 Å². The summed E-state index contributed by atoms with van der Waals surface area (Å²) in [4.78, 5) is 31.9. The van der Waals surface area contributed by atoms with Gasteiger partial charge in [-0.2, -0.15) is 0 Å². The molecule has 0 aliphatic rings. The van der Waals surface area contributed by atoms with E-state index in [-0.39, 0.29) is 6.10 Å². The summed E-state index contributed by atoms with van der Waals surface area (Å²) in [7, 11) is 0. The molecule has 0 fully saturated rings. The number of nitrogens with zero attached hydrogens (tertiary/aromatic N) is 1. The van der Waals surface area contributed by atoms with Crippen LogP contribution in [-0.2, 0) is 14.3 Å². The maximum atomic E-state index is 11.0. The number of ether oxygens (including phenoxy) is 1. The van der Waals surface area contributed by atoms with Crippen LogP contribution in [0, 0.1) is 10.1 Å². The molecule has 0 rings (SSSR count). The summed E-state index contributed by atoms with van der Waals surface area (Å²) in [6, 6.07) is -0.935. The molecule has 0 bridgehead atoms. The SMILES string of the molecule is CCC(CC)O[C@@H](C=O)[C@H](C[N+](=O)[O-])NC(C)=O. The number of carbonyl (C=O) groups excluding carboxylic acids is 2. The van der Waals surface area contributed by atoms with Gasteiger partial charge in [0.2, 0.25) is 12.5 Å². The molecule has 0 aliphatic heterocycles. The molecule has 0 unspecified atom stereocenters. The van der Waals surface area contributed by atoms with Gasteiger partial charge in [0.25, 0.3) is 0 Å². The maximum Gasteiger partial charge on any atom is 0.226 e. The molecule has 0 aromatic carbocycles. The largest absolute Gasteiger partial charge is 0.365 e. The van der Waals surface area contributed by atoms with Crippen LogP contribution in [0.5, 0.6) is 0 Å². The molecule has 2 atom stereocenters. The van der Waals surface area contributed by atoms with Crippen molar-refractivity contribution in [2.45, 2.75) is 51.9 Å². The van der Waals surface area contributed by atoms with Gasteiger partial charge < -0.3 is 14.8 Å². The number of aldehydes is 1. The molecule has 0 saturated heterocycles. The number of nitro groups is 1. The van der Waals surface area contributed by atoms with E-state index in [4.69, 9.17) is 4.74 Å². The Bertz CT molecular complexity index is 275. The van der Waals surface area contributed by atoms with E-state index >= 15 is 0 Å². The Kier molecular flexibility index (Phi) is 7.86. The molecule has 0 spiro atoms. The topological polar surface area (TPSA) is 98.5 Å². The lowest BCUT2D eigenvalue weighted by atomic mass is 10.1. The van der Waals surface area contributed by atoms with Crippen molar-refractivity contribution in [1.82, 2.24) is 5.32 Å². The highest BCUT2D eigenvalue weighted by Gasteiger charge is 2.29. The zero-order chi connectivity index (χ0) is 14.1. The molecule has 7 heteroatoms. The molecule has 0 aromatic rings. The van der Waals surface area contributed by atoms with Crippen molar-refractivity contribution >= 4 is 12.2 Å². The van der Waals surface area contributed by atoms with Gasteiger partial charge in [0.1, 0.15) is 12.1 Å². The summed E-state index contributed by atoms with van der Waals surface area (Å²) >= 11 is 0. The Morgan fingerprint density at radius 2 is 2.00 bits per heavy atom. The minimum Gasteiger partial charge on any atom is -0.365 e. The second-order valence-corrected chi connectivity index (χ2v) is 4.00. The fourth-order valence-electron chi connectivity index (χ4n) is 1.58. The van der Waals surface area contributed by atoms with Crippen LogP contribution in [0.2, 0.25) is 0 Å². The highest BCUT2D eigenvalue weighted by molar-refractivity contribution is 5.74. The standard InChI is InChI=1S/C11H20N2O5/c1-4-9(5-2)18-11(7-14)10(6-13(16)17)12-8(3)15/h7,9-11H,4-6H2,1-3H3,(H,12,15)/t10-,11-/m0/s1. The Morgan fingerprint density at radius 3 is 2.33 bits per heavy atom. The second-order valence-electron chi connectivity index (χ2n) is 4.00. The summed E-state index contributed by atoms with van der Waals surface area (Å²) in [6.45, 7) is 4.50. The molecule has 0 aliphatic carbocycles. The Morgan fingerprint density at radius 1 is 1.44 bits per heavy atom. The van der Waals surface area contributed by atoms with Gasteiger partial charge in [0.05, 0.1) is 6.10 Å². The lowest BCUT2D eigenvalue weighted by molar-refractivity contribution is -0.485. The number of amides is 1. The van der Waals surface area contributed by atoms with E-state index in [0.717, 1.165) is 0 Å². The summed E-state index contributed by atoms with van der Waals surface area (Å²) in [6.07, 6.45) is 0.757. The van der Waals surface area contributed by atoms with Crippen molar-refractivity contribution in [2.24, 2.45) is 0 Å². The van der Waals surface area contributed by atoms with Gasteiger partial charge in [0, 0.05) is 11.8 Å². The van der Waals surface area contributed by atoms with Gasteiger partial charge in [-0.3, -0.25) is 14.9 Å². The van der Waals surface area contributed by atoms with Crippen LogP contribution >= 0.6 is 0 Å². The third kappa shape index (κ3) is 6.29. The van der Waals surface area contributed by atoms with E-state index in [2.05, 4.69) is 5.32 Å². The first-order chi connectivity index (χ1) is 8.44. The quantitative estimate of drug-likeness (QED) is 0.370. The molecule has 0 aromatic heterocycles. The van der Waals surface area contributed by atoms with E-state index in [1.54, 1.807) is 0 Å². The van der Waals surface area contributed by atoms with Crippen molar-refractivity contribution < 1.29 is 19.2 Å². The van der Waals surface area contributed by atoms with E-state index in [1.165, 1.54) is 6.92 Å². The van der Waals surface area contributed by atoms with Crippen LogP contribution in [0.15, 0.2) is 0 Å². The van der Waals surface area contributed by atoms with Crippen LogP contribution in [-0.4, -0.2) is 41.9 Å². The Balaban J connectivity index is 4.72. The predicted octanol–water partition coefficient (Wildman–Crippen LogP) is 0.540. The van der Waals surface area contributed by atoms with E-state index in [9.17, 15) is 19.7 Å². The minimum absolute atomic E-state index is 0.150. The number of hydrogen-bond donors (Lipinski definition) is 1. The first kappa shape index (κ1) is 16.5. The van der Waals surface area contributed by atoms with Crippen molar-refractivity contribution in [3.63, 3.8) is 0 Å². The van der Waals surface area contributed by atoms with Crippen LogP contribution < -0.4 is 5.32 Å². The van der Waals surface area contributed by atoms with Crippen LogP contribution in [0.1, 0.15) is 33.6 Å². The van der Waals surface area contributed by atoms with Gasteiger partial charge in [-0.1, -0.05) is 13.8 Å². The van der Waals surface area contributed by atoms with E-state index < -0.39 is 29.5 Å².